The highest BCUT2D eigenvalue weighted by Gasteiger charge is 2.44. The van der Waals surface area contributed by atoms with Crippen LogP contribution in [0.1, 0.15) is 29.0 Å². The van der Waals surface area contributed by atoms with Gasteiger partial charge in [0.1, 0.15) is 0 Å². The first-order chi connectivity index (χ1) is 10.4. The van der Waals surface area contributed by atoms with E-state index in [1.54, 1.807) is 6.07 Å². The van der Waals surface area contributed by atoms with E-state index < -0.39 is 0 Å². The third-order valence-electron chi connectivity index (χ3n) is 4.21. The van der Waals surface area contributed by atoms with Crippen molar-refractivity contribution in [1.29, 1.82) is 0 Å². The third kappa shape index (κ3) is 3.29. The van der Waals surface area contributed by atoms with Crippen LogP contribution in [-0.4, -0.2) is 5.91 Å². The predicted molar refractivity (Wildman–Crippen MR) is 91.9 cm³/mol. The van der Waals surface area contributed by atoms with Crippen molar-refractivity contribution in [2.24, 2.45) is 5.92 Å². The summed E-state index contributed by atoms with van der Waals surface area (Å²) >= 11 is 12.1. The fourth-order valence-electron chi connectivity index (χ4n) is 2.70. The Morgan fingerprint density at radius 2 is 1.73 bits per heavy atom. The number of carbonyl (C=O) groups is 1. The van der Waals surface area contributed by atoms with Crippen LogP contribution in [0, 0.1) is 19.8 Å². The van der Waals surface area contributed by atoms with Crippen LogP contribution in [0.3, 0.4) is 0 Å². The van der Waals surface area contributed by atoms with Gasteiger partial charge in [-0.2, -0.15) is 0 Å². The molecule has 1 saturated carbocycles. The van der Waals surface area contributed by atoms with E-state index in [-0.39, 0.29) is 17.7 Å². The van der Waals surface area contributed by atoms with E-state index in [1.165, 1.54) is 11.1 Å². The van der Waals surface area contributed by atoms with Gasteiger partial charge in [-0.05, 0) is 73.2 Å². The van der Waals surface area contributed by atoms with Crippen molar-refractivity contribution in [1.82, 2.24) is 0 Å². The molecule has 114 valence electrons. The first kappa shape index (κ1) is 15.4. The van der Waals surface area contributed by atoms with Crippen molar-refractivity contribution in [3.63, 3.8) is 0 Å². The summed E-state index contributed by atoms with van der Waals surface area (Å²) < 4.78 is 0. The number of nitrogens with one attached hydrogen (secondary N) is 1. The van der Waals surface area contributed by atoms with Crippen LogP contribution in [-0.2, 0) is 4.79 Å². The van der Waals surface area contributed by atoms with Crippen LogP contribution in [0.4, 0.5) is 5.69 Å². The van der Waals surface area contributed by atoms with Gasteiger partial charge in [0, 0.05) is 21.7 Å². The molecule has 3 rings (SSSR count). The van der Waals surface area contributed by atoms with E-state index in [9.17, 15) is 4.79 Å². The standard InChI is InChI=1S/C18H17Cl2NO/c1-10-3-4-15(5-11(10)2)21-18(22)17-9-16(17)12-6-13(19)8-14(20)7-12/h3-8,16-17H,9H2,1-2H3,(H,21,22)/t16-,17+/m1/s1. The van der Waals surface area contributed by atoms with E-state index in [0.717, 1.165) is 17.7 Å². The molecule has 0 heterocycles. The summed E-state index contributed by atoms with van der Waals surface area (Å²) in [5.74, 6) is 0.267. The van der Waals surface area contributed by atoms with Crippen LogP contribution < -0.4 is 5.32 Å². The summed E-state index contributed by atoms with van der Waals surface area (Å²) in [6.07, 6.45) is 0.841. The van der Waals surface area contributed by atoms with Crippen LogP contribution >= 0.6 is 23.2 Å². The number of amides is 1. The minimum absolute atomic E-state index is 0.00357. The zero-order valence-electron chi connectivity index (χ0n) is 12.5. The van der Waals surface area contributed by atoms with E-state index >= 15 is 0 Å². The van der Waals surface area contributed by atoms with Gasteiger partial charge in [0.15, 0.2) is 0 Å². The molecule has 2 aromatic rings. The number of aryl methyl sites for hydroxylation is 2. The summed E-state index contributed by atoms with van der Waals surface area (Å²) in [7, 11) is 0. The molecule has 1 amide bonds. The number of hydrogen-bond acceptors (Lipinski definition) is 1. The Labute approximate surface area is 140 Å². The number of benzene rings is 2. The Hall–Kier alpha value is -1.51. The van der Waals surface area contributed by atoms with Crippen LogP contribution in [0.25, 0.3) is 0 Å². The number of rotatable bonds is 3. The Morgan fingerprint density at radius 3 is 2.36 bits per heavy atom. The van der Waals surface area contributed by atoms with Gasteiger partial charge in [0.25, 0.3) is 0 Å². The monoisotopic (exact) mass is 333 g/mol. The van der Waals surface area contributed by atoms with Crippen molar-refractivity contribution in [3.05, 3.63) is 63.1 Å². The third-order valence-corrected chi connectivity index (χ3v) is 4.65. The molecule has 1 aliphatic carbocycles. The minimum Gasteiger partial charge on any atom is -0.326 e. The molecule has 2 aromatic carbocycles. The molecule has 1 aliphatic rings. The minimum atomic E-state index is -0.00357. The molecule has 22 heavy (non-hydrogen) atoms. The second kappa shape index (κ2) is 5.94. The van der Waals surface area contributed by atoms with Crippen molar-refractivity contribution < 1.29 is 4.79 Å². The van der Waals surface area contributed by atoms with Gasteiger partial charge >= 0.3 is 0 Å². The quantitative estimate of drug-likeness (QED) is 0.805. The maximum atomic E-state index is 12.3. The lowest BCUT2D eigenvalue weighted by Crippen LogP contribution is -2.14. The largest absolute Gasteiger partial charge is 0.326 e. The lowest BCUT2D eigenvalue weighted by molar-refractivity contribution is -0.117. The molecule has 0 bridgehead atoms. The van der Waals surface area contributed by atoms with E-state index in [0.29, 0.717) is 10.0 Å². The highest BCUT2D eigenvalue weighted by molar-refractivity contribution is 6.34. The van der Waals surface area contributed by atoms with Crippen LogP contribution in [0.15, 0.2) is 36.4 Å². The summed E-state index contributed by atoms with van der Waals surface area (Å²) in [4.78, 5) is 12.3. The summed E-state index contributed by atoms with van der Waals surface area (Å²) in [5, 5.41) is 4.22. The van der Waals surface area contributed by atoms with Gasteiger partial charge in [0.05, 0.1) is 0 Å². The second-order valence-electron chi connectivity index (χ2n) is 5.94. The molecular formula is C18H17Cl2NO. The lowest BCUT2D eigenvalue weighted by Gasteiger charge is -2.08. The Kier molecular flexibility index (Phi) is 4.16. The fourth-order valence-corrected chi connectivity index (χ4v) is 3.24. The summed E-state index contributed by atoms with van der Waals surface area (Å²) in [6.45, 7) is 4.10. The zero-order valence-corrected chi connectivity index (χ0v) is 14.0. The maximum Gasteiger partial charge on any atom is 0.228 e. The van der Waals surface area contributed by atoms with Crippen molar-refractivity contribution >= 4 is 34.8 Å². The fraction of sp³-hybridized carbons (Fsp3) is 0.278. The normalized spacial score (nSPS) is 19.8. The van der Waals surface area contributed by atoms with Gasteiger partial charge in [-0.1, -0.05) is 29.3 Å². The average molecular weight is 334 g/mol. The topological polar surface area (TPSA) is 29.1 Å². The average Bonchev–Trinajstić information content (AvgIpc) is 3.22. The van der Waals surface area contributed by atoms with E-state index in [1.807, 2.05) is 37.3 Å². The molecule has 2 nitrogen and oxygen atoms in total. The number of anilines is 1. The zero-order chi connectivity index (χ0) is 15.9. The van der Waals surface area contributed by atoms with Crippen molar-refractivity contribution in [2.75, 3.05) is 5.32 Å². The smallest absolute Gasteiger partial charge is 0.228 e. The molecule has 4 heteroatoms. The number of halogens is 2. The number of hydrogen-bond donors (Lipinski definition) is 1. The second-order valence-corrected chi connectivity index (χ2v) is 6.81. The van der Waals surface area contributed by atoms with Gasteiger partial charge in [-0.25, -0.2) is 0 Å². The first-order valence-electron chi connectivity index (χ1n) is 7.28. The van der Waals surface area contributed by atoms with Gasteiger partial charge in [-0.3, -0.25) is 4.79 Å². The molecule has 1 N–H and O–H groups in total. The molecule has 0 radical (unpaired) electrons. The summed E-state index contributed by atoms with van der Waals surface area (Å²) in [6, 6.07) is 11.4. The maximum absolute atomic E-state index is 12.3. The lowest BCUT2D eigenvalue weighted by atomic mass is 10.1. The molecule has 0 spiro atoms. The van der Waals surface area contributed by atoms with Gasteiger partial charge in [0.2, 0.25) is 5.91 Å². The number of carbonyl (C=O) groups excluding carboxylic acids is 1. The van der Waals surface area contributed by atoms with Crippen molar-refractivity contribution in [2.45, 2.75) is 26.2 Å². The first-order valence-corrected chi connectivity index (χ1v) is 8.04. The molecular weight excluding hydrogens is 317 g/mol. The molecule has 0 aliphatic heterocycles. The van der Waals surface area contributed by atoms with Crippen LogP contribution in [0.5, 0.6) is 0 Å². The molecule has 0 saturated heterocycles. The molecule has 0 unspecified atom stereocenters. The highest BCUT2D eigenvalue weighted by atomic mass is 35.5. The van der Waals surface area contributed by atoms with Gasteiger partial charge in [-0.15, -0.1) is 0 Å². The molecule has 2 atom stereocenters. The predicted octanol–water partition coefficient (Wildman–Crippen LogP) is 5.35. The van der Waals surface area contributed by atoms with Gasteiger partial charge < -0.3 is 5.32 Å². The molecule has 0 aromatic heterocycles. The Morgan fingerprint density at radius 1 is 1.05 bits per heavy atom. The van der Waals surface area contributed by atoms with E-state index in [4.69, 9.17) is 23.2 Å². The van der Waals surface area contributed by atoms with Crippen molar-refractivity contribution in [3.8, 4) is 0 Å². The SMILES string of the molecule is Cc1ccc(NC(=O)[C@H]2C[C@@H]2c2cc(Cl)cc(Cl)c2)cc1C. The molecule has 1 fully saturated rings. The Balaban J connectivity index is 1.68. The highest BCUT2D eigenvalue weighted by Crippen LogP contribution is 2.49. The summed E-state index contributed by atoms with van der Waals surface area (Å²) in [5.41, 5.74) is 4.28. The van der Waals surface area contributed by atoms with E-state index in [2.05, 4.69) is 12.2 Å². The Bertz CT molecular complexity index is 722. The van der Waals surface area contributed by atoms with Crippen LogP contribution in [0.2, 0.25) is 10.0 Å².